The van der Waals surface area contributed by atoms with Crippen LogP contribution < -0.4 is 10.6 Å². The summed E-state index contributed by atoms with van der Waals surface area (Å²) in [6.45, 7) is 0. The maximum absolute atomic E-state index is 12.4. The van der Waals surface area contributed by atoms with Crippen molar-refractivity contribution in [2.75, 3.05) is 10.6 Å². The van der Waals surface area contributed by atoms with Crippen LogP contribution in [0.25, 0.3) is 0 Å². The van der Waals surface area contributed by atoms with Crippen LogP contribution in [-0.2, 0) is 6.42 Å². The van der Waals surface area contributed by atoms with Gasteiger partial charge < -0.3 is 10.6 Å². The summed E-state index contributed by atoms with van der Waals surface area (Å²) in [6, 6.07) is 33.9. The number of benzene rings is 4. The number of amides is 2. The van der Waals surface area contributed by atoms with Gasteiger partial charge in [-0.1, -0.05) is 60.7 Å². The molecule has 0 aliphatic carbocycles. The molecule has 0 fully saturated rings. The van der Waals surface area contributed by atoms with Crippen molar-refractivity contribution in [3.05, 3.63) is 131 Å². The molecule has 2 N–H and O–H groups in total. The lowest BCUT2D eigenvalue weighted by atomic mass is 10.0. The molecule has 0 unspecified atom stereocenters. The van der Waals surface area contributed by atoms with E-state index in [4.69, 9.17) is 0 Å². The Kier molecular flexibility index (Phi) is 6.19. The van der Waals surface area contributed by atoms with Crippen LogP contribution in [0, 0.1) is 0 Å². The van der Waals surface area contributed by atoms with Crippen molar-refractivity contribution >= 4 is 23.2 Å². The second-order valence-corrected chi connectivity index (χ2v) is 7.22. The van der Waals surface area contributed by atoms with Crippen LogP contribution in [0.2, 0.25) is 0 Å². The molecule has 0 spiro atoms. The van der Waals surface area contributed by atoms with Crippen LogP contribution in [0.5, 0.6) is 0 Å². The van der Waals surface area contributed by atoms with Gasteiger partial charge in [0.2, 0.25) is 0 Å². The van der Waals surface area contributed by atoms with E-state index < -0.39 is 0 Å². The summed E-state index contributed by atoms with van der Waals surface area (Å²) in [5.41, 5.74) is 4.87. The number of hydrogen-bond acceptors (Lipinski definition) is 2. The molecule has 4 rings (SSSR count). The molecule has 0 bridgehead atoms. The molecule has 152 valence electrons. The summed E-state index contributed by atoms with van der Waals surface area (Å²) in [5.74, 6) is -0.272. The summed E-state index contributed by atoms with van der Waals surface area (Å²) >= 11 is 0. The summed E-state index contributed by atoms with van der Waals surface area (Å²) in [7, 11) is 0. The Morgan fingerprint density at radius 3 is 1.35 bits per heavy atom. The van der Waals surface area contributed by atoms with Gasteiger partial charge in [0, 0.05) is 22.5 Å². The smallest absolute Gasteiger partial charge is 0.255 e. The van der Waals surface area contributed by atoms with Crippen molar-refractivity contribution in [3.63, 3.8) is 0 Å². The zero-order valence-electron chi connectivity index (χ0n) is 16.9. The van der Waals surface area contributed by atoms with Gasteiger partial charge in [-0.05, 0) is 66.1 Å². The Labute approximate surface area is 181 Å². The molecule has 4 aromatic rings. The van der Waals surface area contributed by atoms with E-state index in [1.165, 1.54) is 0 Å². The number of anilines is 2. The fourth-order valence-electron chi connectivity index (χ4n) is 3.34. The molecule has 31 heavy (non-hydrogen) atoms. The summed E-state index contributed by atoms with van der Waals surface area (Å²) in [4.78, 5) is 24.8. The lowest BCUT2D eigenvalue weighted by Crippen LogP contribution is -2.12. The predicted molar refractivity (Wildman–Crippen MR) is 124 cm³/mol. The molecular weight excluding hydrogens is 384 g/mol. The minimum Gasteiger partial charge on any atom is -0.322 e. The first-order chi connectivity index (χ1) is 15.2. The van der Waals surface area contributed by atoms with Crippen LogP contribution in [0.3, 0.4) is 0 Å². The number of carbonyl (C=O) groups is 2. The molecule has 0 saturated heterocycles. The fourth-order valence-corrected chi connectivity index (χ4v) is 3.34. The Morgan fingerprint density at radius 1 is 0.516 bits per heavy atom. The first-order valence-electron chi connectivity index (χ1n) is 10.1. The average Bonchev–Trinajstić information content (AvgIpc) is 2.81. The normalized spacial score (nSPS) is 10.3. The average molecular weight is 406 g/mol. The minimum atomic E-state index is -0.136. The topological polar surface area (TPSA) is 58.2 Å². The molecule has 0 aromatic heterocycles. The summed E-state index contributed by atoms with van der Waals surface area (Å²) in [6.07, 6.45) is 0.685. The zero-order chi connectivity index (χ0) is 21.5. The van der Waals surface area contributed by atoms with Gasteiger partial charge in [0.05, 0.1) is 0 Å². The van der Waals surface area contributed by atoms with Gasteiger partial charge >= 0.3 is 0 Å². The molecule has 0 aliphatic rings. The van der Waals surface area contributed by atoms with Gasteiger partial charge in [0.15, 0.2) is 0 Å². The fraction of sp³-hybridized carbons (Fsp3) is 0.0370. The van der Waals surface area contributed by atoms with Gasteiger partial charge in [0.25, 0.3) is 11.8 Å². The molecular formula is C27H22N2O2. The third-order valence-electron chi connectivity index (χ3n) is 4.85. The first kappa shape index (κ1) is 20.1. The number of rotatable bonds is 6. The van der Waals surface area contributed by atoms with E-state index >= 15 is 0 Å². The monoisotopic (exact) mass is 406 g/mol. The second-order valence-electron chi connectivity index (χ2n) is 7.22. The van der Waals surface area contributed by atoms with Gasteiger partial charge in [-0.3, -0.25) is 9.59 Å². The molecule has 2 amide bonds. The number of hydrogen-bond donors (Lipinski definition) is 2. The van der Waals surface area contributed by atoms with E-state index in [-0.39, 0.29) is 11.8 Å². The van der Waals surface area contributed by atoms with Gasteiger partial charge in [-0.25, -0.2) is 0 Å². The minimum absolute atomic E-state index is 0.136. The zero-order valence-corrected chi connectivity index (χ0v) is 16.9. The van der Waals surface area contributed by atoms with Crippen LogP contribution in [-0.4, -0.2) is 11.8 Å². The lowest BCUT2D eigenvalue weighted by Gasteiger charge is -2.10. The van der Waals surface area contributed by atoms with Crippen molar-refractivity contribution in [1.82, 2.24) is 0 Å². The van der Waals surface area contributed by atoms with Crippen molar-refractivity contribution in [2.45, 2.75) is 6.42 Å². The summed E-state index contributed by atoms with van der Waals surface area (Å²) in [5, 5.41) is 5.89. The Hall–Kier alpha value is -4.18. The van der Waals surface area contributed by atoms with E-state index in [1.807, 2.05) is 84.9 Å². The van der Waals surface area contributed by atoms with Crippen LogP contribution in [0.4, 0.5) is 11.4 Å². The Bertz CT molecular complexity index is 1090. The Morgan fingerprint density at radius 2 is 0.935 bits per heavy atom. The van der Waals surface area contributed by atoms with Crippen molar-refractivity contribution in [3.8, 4) is 0 Å². The van der Waals surface area contributed by atoms with E-state index in [9.17, 15) is 9.59 Å². The van der Waals surface area contributed by atoms with Gasteiger partial charge in [0.1, 0.15) is 0 Å². The lowest BCUT2D eigenvalue weighted by molar-refractivity contribution is 0.101. The maximum Gasteiger partial charge on any atom is 0.255 e. The molecule has 0 aliphatic heterocycles. The molecule has 4 nitrogen and oxygen atoms in total. The highest BCUT2D eigenvalue weighted by atomic mass is 16.2. The largest absolute Gasteiger partial charge is 0.322 e. The number of carbonyl (C=O) groups excluding carboxylic acids is 2. The standard InChI is InChI=1S/C27H22N2O2/c30-26(22-11-3-1-4-12-22)28-24-15-7-9-20(18-24)17-21-10-8-16-25(19-21)29-27(31)23-13-5-2-6-14-23/h1-16,18-19H,17H2,(H,28,30)(H,29,31). The van der Waals surface area contributed by atoms with E-state index in [0.717, 1.165) is 22.5 Å². The van der Waals surface area contributed by atoms with Crippen LogP contribution >= 0.6 is 0 Å². The molecule has 0 atom stereocenters. The second kappa shape index (κ2) is 9.55. The van der Waals surface area contributed by atoms with Crippen molar-refractivity contribution < 1.29 is 9.59 Å². The highest BCUT2D eigenvalue weighted by molar-refractivity contribution is 6.04. The predicted octanol–water partition coefficient (Wildman–Crippen LogP) is 5.78. The SMILES string of the molecule is O=C(Nc1cccc(Cc2cccc(NC(=O)c3ccccc3)c2)c1)c1ccccc1. The third-order valence-corrected chi connectivity index (χ3v) is 4.85. The van der Waals surface area contributed by atoms with Crippen molar-refractivity contribution in [2.24, 2.45) is 0 Å². The number of nitrogens with one attached hydrogen (secondary N) is 2. The molecule has 0 heterocycles. The molecule has 0 radical (unpaired) electrons. The highest BCUT2D eigenvalue weighted by Crippen LogP contribution is 2.19. The van der Waals surface area contributed by atoms with E-state index in [0.29, 0.717) is 17.5 Å². The van der Waals surface area contributed by atoms with E-state index in [2.05, 4.69) is 10.6 Å². The van der Waals surface area contributed by atoms with E-state index in [1.54, 1.807) is 24.3 Å². The van der Waals surface area contributed by atoms with Gasteiger partial charge in [-0.15, -0.1) is 0 Å². The maximum atomic E-state index is 12.4. The molecule has 4 heteroatoms. The quantitative estimate of drug-likeness (QED) is 0.426. The highest BCUT2D eigenvalue weighted by Gasteiger charge is 2.08. The first-order valence-corrected chi connectivity index (χ1v) is 10.1. The Balaban J connectivity index is 1.44. The van der Waals surface area contributed by atoms with Crippen LogP contribution in [0.1, 0.15) is 31.8 Å². The van der Waals surface area contributed by atoms with Gasteiger partial charge in [-0.2, -0.15) is 0 Å². The van der Waals surface area contributed by atoms with Crippen LogP contribution in [0.15, 0.2) is 109 Å². The van der Waals surface area contributed by atoms with Crippen molar-refractivity contribution in [1.29, 1.82) is 0 Å². The third kappa shape index (κ3) is 5.46. The molecule has 0 saturated carbocycles. The molecule has 4 aromatic carbocycles. The summed E-state index contributed by atoms with van der Waals surface area (Å²) < 4.78 is 0.